The monoisotopic (exact) mass is 369 g/mol. The van der Waals surface area contributed by atoms with E-state index in [4.69, 9.17) is 0 Å². The molecular weight excluding hydrogens is 342 g/mol. The molecule has 0 atom stereocenters. The molecule has 1 N–H and O–H groups in total. The first-order valence-corrected chi connectivity index (χ1v) is 9.38. The quantitative estimate of drug-likeness (QED) is 0.820. The normalized spacial score (nSPS) is 17.8. The van der Waals surface area contributed by atoms with Gasteiger partial charge in [-0.25, -0.2) is 0 Å². The minimum atomic E-state index is -0.776. The Labute approximate surface area is 160 Å². The lowest BCUT2D eigenvalue weighted by Crippen LogP contribution is -2.39. The fourth-order valence-electron chi connectivity index (χ4n) is 3.29. The van der Waals surface area contributed by atoms with E-state index in [2.05, 4.69) is 19.8 Å². The first-order chi connectivity index (χ1) is 13.2. The molecule has 2 aromatic rings. The molecule has 27 heavy (non-hydrogen) atoms. The van der Waals surface area contributed by atoms with Crippen molar-refractivity contribution < 1.29 is 9.90 Å². The third kappa shape index (κ3) is 6.71. The van der Waals surface area contributed by atoms with Crippen LogP contribution in [0.3, 0.4) is 0 Å². The van der Waals surface area contributed by atoms with Gasteiger partial charge in [-0.2, -0.15) is 0 Å². The summed E-state index contributed by atoms with van der Waals surface area (Å²) < 4.78 is 0. The van der Waals surface area contributed by atoms with E-state index < -0.39 is 5.97 Å². The largest absolute Gasteiger partial charge is 0.480 e. The second kappa shape index (κ2) is 10.1. The van der Waals surface area contributed by atoms with Crippen LogP contribution in [-0.4, -0.2) is 81.6 Å². The van der Waals surface area contributed by atoms with Gasteiger partial charge >= 0.3 is 5.97 Å². The highest BCUT2D eigenvalue weighted by Crippen LogP contribution is 2.08. The predicted octanol–water partition coefficient (Wildman–Crippen LogP) is 1.18. The molecule has 144 valence electrons. The summed E-state index contributed by atoms with van der Waals surface area (Å²) in [5.74, 6) is -0.776. The summed E-state index contributed by atoms with van der Waals surface area (Å²) >= 11 is 0. The average Bonchev–Trinajstić information content (AvgIpc) is 2.76. The number of carboxylic acid groups (broad SMARTS) is 1. The van der Waals surface area contributed by atoms with Gasteiger partial charge in [-0.3, -0.25) is 29.5 Å². The number of carboxylic acids is 1. The topological polar surface area (TPSA) is 72.8 Å². The van der Waals surface area contributed by atoms with Crippen LogP contribution < -0.4 is 0 Å². The highest BCUT2D eigenvalue weighted by Gasteiger charge is 2.18. The minimum absolute atomic E-state index is 0.0782. The van der Waals surface area contributed by atoms with Gasteiger partial charge in [0.2, 0.25) is 0 Å². The minimum Gasteiger partial charge on any atom is -0.480 e. The number of aromatic nitrogens is 2. The van der Waals surface area contributed by atoms with E-state index in [0.717, 1.165) is 63.7 Å². The van der Waals surface area contributed by atoms with E-state index in [-0.39, 0.29) is 6.54 Å². The van der Waals surface area contributed by atoms with E-state index in [1.807, 2.05) is 53.7 Å². The number of rotatable bonds is 6. The van der Waals surface area contributed by atoms with Crippen molar-refractivity contribution in [3.05, 3.63) is 60.2 Å². The van der Waals surface area contributed by atoms with E-state index in [0.29, 0.717) is 0 Å². The molecule has 3 heterocycles. The Bertz CT molecular complexity index is 645. The predicted molar refractivity (Wildman–Crippen MR) is 103 cm³/mol. The van der Waals surface area contributed by atoms with Gasteiger partial charge < -0.3 is 5.11 Å². The zero-order valence-corrected chi connectivity index (χ0v) is 15.6. The third-order valence-corrected chi connectivity index (χ3v) is 4.78. The molecule has 1 aliphatic rings. The van der Waals surface area contributed by atoms with E-state index in [9.17, 15) is 9.90 Å². The average molecular weight is 369 g/mol. The molecule has 3 rings (SSSR count). The second-order valence-electron chi connectivity index (χ2n) is 6.86. The smallest absolute Gasteiger partial charge is 0.317 e. The number of nitrogens with zero attached hydrogens (tertiary/aromatic N) is 5. The fraction of sp³-hybridized carbons (Fsp3) is 0.450. The van der Waals surface area contributed by atoms with E-state index in [1.165, 1.54) is 0 Å². The Hall–Kier alpha value is -2.35. The van der Waals surface area contributed by atoms with E-state index >= 15 is 0 Å². The van der Waals surface area contributed by atoms with Crippen molar-refractivity contribution in [1.82, 2.24) is 24.7 Å². The van der Waals surface area contributed by atoms with Gasteiger partial charge in [0.15, 0.2) is 0 Å². The van der Waals surface area contributed by atoms with Gasteiger partial charge in [0, 0.05) is 64.8 Å². The van der Waals surface area contributed by atoms with Crippen LogP contribution in [0.15, 0.2) is 48.8 Å². The molecule has 1 aliphatic heterocycles. The maximum absolute atomic E-state index is 11.2. The lowest BCUT2D eigenvalue weighted by Gasteiger charge is -2.25. The maximum Gasteiger partial charge on any atom is 0.317 e. The van der Waals surface area contributed by atoms with Crippen molar-refractivity contribution in [1.29, 1.82) is 0 Å². The molecular formula is C20H27N5O2. The Morgan fingerprint density at radius 2 is 1.22 bits per heavy atom. The third-order valence-electron chi connectivity index (χ3n) is 4.78. The summed E-state index contributed by atoms with van der Waals surface area (Å²) in [5, 5.41) is 9.21. The van der Waals surface area contributed by atoms with Gasteiger partial charge in [0.1, 0.15) is 0 Å². The molecule has 0 amide bonds. The Balaban J connectivity index is 1.67. The Kier molecular flexibility index (Phi) is 7.27. The molecule has 1 saturated heterocycles. The lowest BCUT2D eigenvalue weighted by molar-refractivity contribution is -0.138. The number of hydrogen-bond donors (Lipinski definition) is 1. The fourth-order valence-corrected chi connectivity index (χ4v) is 3.29. The Morgan fingerprint density at radius 1 is 0.778 bits per heavy atom. The number of pyridine rings is 2. The molecule has 1 fully saturated rings. The number of carbonyl (C=O) groups is 1. The zero-order valence-electron chi connectivity index (χ0n) is 15.6. The molecule has 7 heteroatoms. The van der Waals surface area contributed by atoms with Gasteiger partial charge in [-0.1, -0.05) is 12.1 Å². The lowest BCUT2D eigenvalue weighted by atomic mass is 10.3. The first-order valence-electron chi connectivity index (χ1n) is 9.38. The molecule has 0 aliphatic carbocycles. The molecule has 0 bridgehead atoms. The summed E-state index contributed by atoms with van der Waals surface area (Å²) in [7, 11) is 0. The molecule has 0 aromatic carbocycles. The van der Waals surface area contributed by atoms with Crippen LogP contribution in [0.2, 0.25) is 0 Å². The van der Waals surface area contributed by atoms with Crippen molar-refractivity contribution in [3.63, 3.8) is 0 Å². The summed E-state index contributed by atoms with van der Waals surface area (Å²) in [6, 6.07) is 11.9. The summed E-state index contributed by atoms with van der Waals surface area (Å²) in [6.07, 6.45) is 3.63. The number of hydrogen-bond acceptors (Lipinski definition) is 6. The van der Waals surface area contributed by atoms with Crippen LogP contribution in [-0.2, 0) is 17.9 Å². The summed E-state index contributed by atoms with van der Waals surface area (Å²) in [6.45, 7) is 6.64. The molecule has 0 saturated carbocycles. The zero-order chi connectivity index (χ0) is 18.9. The van der Waals surface area contributed by atoms with Crippen molar-refractivity contribution >= 4 is 5.97 Å². The van der Waals surface area contributed by atoms with Gasteiger partial charge in [-0.05, 0) is 24.3 Å². The van der Waals surface area contributed by atoms with Crippen molar-refractivity contribution in [2.45, 2.75) is 13.1 Å². The van der Waals surface area contributed by atoms with Crippen molar-refractivity contribution in [2.24, 2.45) is 0 Å². The molecule has 0 unspecified atom stereocenters. The van der Waals surface area contributed by atoms with Crippen LogP contribution in [0.25, 0.3) is 0 Å². The van der Waals surface area contributed by atoms with Crippen LogP contribution >= 0.6 is 0 Å². The first kappa shape index (κ1) is 19.4. The second-order valence-corrected chi connectivity index (χ2v) is 6.86. The van der Waals surface area contributed by atoms with Crippen LogP contribution in [0.1, 0.15) is 11.4 Å². The van der Waals surface area contributed by atoms with Crippen LogP contribution in [0.4, 0.5) is 0 Å². The Morgan fingerprint density at radius 3 is 1.59 bits per heavy atom. The van der Waals surface area contributed by atoms with Crippen molar-refractivity contribution in [3.8, 4) is 0 Å². The summed E-state index contributed by atoms with van der Waals surface area (Å²) in [5.41, 5.74) is 2.08. The summed E-state index contributed by atoms with van der Waals surface area (Å²) in [4.78, 5) is 26.8. The van der Waals surface area contributed by atoms with Crippen LogP contribution in [0, 0.1) is 0 Å². The number of aliphatic carboxylic acids is 1. The van der Waals surface area contributed by atoms with Crippen LogP contribution in [0.5, 0.6) is 0 Å². The molecule has 0 radical (unpaired) electrons. The van der Waals surface area contributed by atoms with Crippen molar-refractivity contribution in [2.75, 3.05) is 45.8 Å². The standard InChI is InChI=1S/C20H27N5O2/c26-20(27)17-25-13-11-23(15-18-5-1-3-7-21-18)9-10-24(12-14-25)16-19-6-2-4-8-22-19/h1-8H,9-17H2,(H,26,27). The van der Waals surface area contributed by atoms with Gasteiger partial charge in [-0.15, -0.1) is 0 Å². The highest BCUT2D eigenvalue weighted by atomic mass is 16.4. The van der Waals surface area contributed by atoms with Gasteiger partial charge in [0.05, 0.1) is 17.9 Å². The van der Waals surface area contributed by atoms with E-state index in [1.54, 1.807) is 0 Å². The molecule has 0 spiro atoms. The highest BCUT2D eigenvalue weighted by molar-refractivity contribution is 5.69. The maximum atomic E-state index is 11.2. The molecule has 7 nitrogen and oxygen atoms in total. The SMILES string of the molecule is O=C(O)CN1CCN(Cc2ccccn2)CCN(Cc2ccccn2)CC1. The molecule has 2 aromatic heterocycles. The van der Waals surface area contributed by atoms with Gasteiger partial charge in [0.25, 0.3) is 0 Å².